The van der Waals surface area contributed by atoms with E-state index >= 15 is 0 Å². The molecule has 3 N–H and O–H groups in total. The van der Waals surface area contributed by atoms with E-state index in [0.29, 0.717) is 32.1 Å². The lowest BCUT2D eigenvalue weighted by Crippen LogP contribution is -2.47. The number of carbonyl (C=O) groups is 1. The Kier molecular flexibility index (Phi) is 11.3. The monoisotopic (exact) mass is 478 g/mol. The number of guanidine groups is 1. The first-order valence-electron chi connectivity index (χ1n) is 9.10. The fraction of sp³-hybridized carbons (Fsp3) is 0.667. The summed E-state index contributed by atoms with van der Waals surface area (Å²) in [7, 11) is 0. The molecular weight excluding hydrogens is 447 g/mol. The lowest BCUT2D eigenvalue weighted by Gasteiger charge is -2.34. The van der Waals surface area contributed by atoms with Crippen LogP contribution in [0.4, 0.5) is 0 Å². The Hall–Kier alpha value is -1.29. The van der Waals surface area contributed by atoms with Gasteiger partial charge in [0.1, 0.15) is 12.4 Å². The van der Waals surface area contributed by atoms with Crippen molar-refractivity contribution >= 4 is 35.8 Å². The highest BCUT2D eigenvalue weighted by molar-refractivity contribution is 14.0. The molecule has 1 atom stereocenters. The number of hydrogen-bond acceptors (Lipinski definition) is 4. The molecular formula is C18H31IN4O3. The van der Waals surface area contributed by atoms with Gasteiger partial charge in [0.2, 0.25) is 5.91 Å². The van der Waals surface area contributed by atoms with Crippen molar-refractivity contribution in [1.29, 1.82) is 0 Å². The molecule has 1 saturated heterocycles. The smallest absolute Gasteiger partial charge is 0.217 e. The average molecular weight is 478 g/mol. The van der Waals surface area contributed by atoms with Gasteiger partial charge in [-0.3, -0.25) is 9.79 Å². The highest BCUT2D eigenvalue weighted by Crippen LogP contribution is 2.19. The SMILES string of the molecule is CCNC(=NCCCOCc1ccco1)N1CCCC(CC(N)=O)C1.I. The van der Waals surface area contributed by atoms with Gasteiger partial charge in [-0.15, -0.1) is 24.0 Å². The van der Waals surface area contributed by atoms with Crippen molar-refractivity contribution in [1.82, 2.24) is 10.2 Å². The molecule has 1 fully saturated rings. The van der Waals surface area contributed by atoms with Crippen molar-refractivity contribution in [2.24, 2.45) is 16.6 Å². The summed E-state index contributed by atoms with van der Waals surface area (Å²) in [6.07, 6.45) is 5.08. The zero-order valence-electron chi connectivity index (χ0n) is 15.5. The average Bonchev–Trinajstić information content (AvgIpc) is 3.10. The van der Waals surface area contributed by atoms with Crippen LogP contribution in [0.3, 0.4) is 0 Å². The minimum Gasteiger partial charge on any atom is -0.467 e. The van der Waals surface area contributed by atoms with E-state index in [0.717, 1.165) is 50.6 Å². The molecule has 148 valence electrons. The van der Waals surface area contributed by atoms with Crippen LogP contribution >= 0.6 is 24.0 Å². The maximum absolute atomic E-state index is 11.2. The first-order valence-corrected chi connectivity index (χ1v) is 9.10. The summed E-state index contributed by atoms with van der Waals surface area (Å²) in [6, 6.07) is 3.76. The third-order valence-corrected chi connectivity index (χ3v) is 4.18. The minimum atomic E-state index is -0.220. The fourth-order valence-corrected chi connectivity index (χ4v) is 3.05. The summed E-state index contributed by atoms with van der Waals surface area (Å²) < 4.78 is 10.8. The van der Waals surface area contributed by atoms with Gasteiger partial charge in [0.05, 0.1) is 6.26 Å². The molecule has 8 heteroatoms. The Labute approximate surface area is 172 Å². The summed E-state index contributed by atoms with van der Waals surface area (Å²) in [4.78, 5) is 18.1. The molecule has 1 aromatic rings. The number of furan rings is 1. The van der Waals surface area contributed by atoms with Gasteiger partial charge in [-0.05, 0) is 44.2 Å². The number of carbonyl (C=O) groups excluding carboxylic acids is 1. The molecule has 0 spiro atoms. The number of primary amides is 1. The van der Waals surface area contributed by atoms with Crippen LogP contribution in [-0.4, -0.2) is 49.6 Å². The molecule has 1 aliphatic rings. The van der Waals surface area contributed by atoms with E-state index in [1.165, 1.54) is 0 Å². The topological polar surface area (TPSA) is 93.1 Å². The Morgan fingerprint density at radius 1 is 1.54 bits per heavy atom. The van der Waals surface area contributed by atoms with Crippen LogP contribution in [0.2, 0.25) is 0 Å². The Balaban J connectivity index is 0.00000338. The van der Waals surface area contributed by atoms with Crippen LogP contribution in [0.25, 0.3) is 0 Å². The van der Waals surface area contributed by atoms with E-state index in [4.69, 9.17) is 19.9 Å². The van der Waals surface area contributed by atoms with Crippen LogP contribution in [0.5, 0.6) is 0 Å². The first kappa shape index (κ1) is 22.8. The maximum Gasteiger partial charge on any atom is 0.217 e. The van der Waals surface area contributed by atoms with Gasteiger partial charge in [0, 0.05) is 39.2 Å². The van der Waals surface area contributed by atoms with Gasteiger partial charge in [-0.2, -0.15) is 0 Å². The molecule has 1 aliphatic heterocycles. The number of ether oxygens (including phenoxy) is 1. The van der Waals surface area contributed by atoms with Gasteiger partial charge in [-0.1, -0.05) is 0 Å². The second-order valence-electron chi connectivity index (χ2n) is 6.35. The molecule has 0 radical (unpaired) electrons. The zero-order valence-corrected chi connectivity index (χ0v) is 17.8. The van der Waals surface area contributed by atoms with Crippen molar-refractivity contribution in [2.45, 2.75) is 39.2 Å². The Bertz CT molecular complexity index is 537. The van der Waals surface area contributed by atoms with Gasteiger partial charge >= 0.3 is 0 Å². The number of nitrogens with zero attached hydrogens (tertiary/aromatic N) is 2. The normalized spacial score (nSPS) is 17.7. The van der Waals surface area contributed by atoms with Crippen molar-refractivity contribution in [3.63, 3.8) is 0 Å². The molecule has 0 saturated carbocycles. The molecule has 0 bridgehead atoms. The van der Waals surface area contributed by atoms with E-state index in [1.54, 1.807) is 6.26 Å². The molecule has 1 amide bonds. The summed E-state index contributed by atoms with van der Waals surface area (Å²) >= 11 is 0. The van der Waals surface area contributed by atoms with Gasteiger partial charge in [0.15, 0.2) is 5.96 Å². The number of piperidine rings is 1. The minimum absolute atomic E-state index is 0. The summed E-state index contributed by atoms with van der Waals surface area (Å²) in [5, 5.41) is 3.34. The number of nitrogens with two attached hydrogens (primary N) is 1. The number of rotatable bonds is 9. The standard InChI is InChI=1S/C18H30N4O3.HI/c1-2-20-18(22-9-3-6-15(13-22)12-17(19)23)21-8-5-10-24-14-16-7-4-11-25-16;/h4,7,11,15H,2-3,5-6,8-10,12-14H2,1H3,(H2,19,23)(H,20,21);1H. The molecule has 26 heavy (non-hydrogen) atoms. The number of halogens is 1. The zero-order chi connectivity index (χ0) is 17.9. The first-order chi connectivity index (χ1) is 12.2. The lowest BCUT2D eigenvalue weighted by atomic mass is 9.95. The number of likely N-dealkylation sites (tertiary alicyclic amines) is 1. The second-order valence-corrected chi connectivity index (χ2v) is 6.35. The largest absolute Gasteiger partial charge is 0.467 e. The third-order valence-electron chi connectivity index (χ3n) is 4.18. The predicted octanol–water partition coefficient (Wildman–Crippen LogP) is 2.36. The summed E-state index contributed by atoms with van der Waals surface area (Å²) in [5.41, 5.74) is 5.34. The number of aliphatic imine (C=N–C) groups is 1. The van der Waals surface area contributed by atoms with Crippen LogP contribution in [0, 0.1) is 5.92 Å². The van der Waals surface area contributed by atoms with Crippen molar-refractivity contribution in [2.75, 3.05) is 32.8 Å². The van der Waals surface area contributed by atoms with Crippen LogP contribution < -0.4 is 11.1 Å². The highest BCUT2D eigenvalue weighted by atomic mass is 127. The molecule has 0 aliphatic carbocycles. The van der Waals surface area contributed by atoms with E-state index in [9.17, 15) is 4.79 Å². The van der Waals surface area contributed by atoms with Crippen LogP contribution in [0.1, 0.15) is 38.4 Å². The molecule has 7 nitrogen and oxygen atoms in total. The molecule has 1 unspecified atom stereocenters. The quantitative estimate of drug-likeness (QED) is 0.246. The van der Waals surface area contributed by atoms with Gasteiger partial charge in [0.25, 0.3) is 0 Å². The van der Waals surface area contributed by atoms with Gasteiger partial charge < -0.3 is 25.1 Å². The fourth-order valence-electron chi connectivity index (χ4n) is 3.05. The number of amides is 1. The van der Waals surface area contributed by atoms with E-state index in [2.05, 4.69) is 17.1 Å². The highest BCUT2D eigenvalue weighted by Gasteiger charge is 2.23. The summed E-state index contributed by atoms with van der Waals surface area (Å²) in [5.74, 6) is 1.86. The lowest BCUT2D eigenvalue weighted by molar-refractivity contribution is -0.119. The molecule has 0 aromatic carbocycles. The van der Waals surface area contributed by atoms with Crippen molar-refractivity contribution < 1.29 is 13.9 Å². The Morgan fingerprint density at radius 3 is 3.08 bits per heavy atom. The van der Waals surface area contributed by atoms with Crippen LogP contribution in [0.15, 0.2) is 27.8 Å². The summed E-state index contributed by atoms with van der Waals surface area (Å²) in [6.45, 7) is 6.54. The van der Waals surface area contributed by atoms with E-state index in [1.807, 2.05) is 12.1 Å². The number of hydrogen-bond donors (Lipinski definition) is 2. The van der Waals surface area contributed by atoms with Crippen LogP contribution in [-0.2, 0) is 16.1 Å². The predicted molar refractivity (Wildman–Crippen MR) is 112 cm³/mol. The van der Waals surface area contributed by atoms with E-state index in [-0.39, 0.29) is 29.9 Å². The molecule has 1 aromatic heterocycles. The van der Waals surface area contributed by atoms with Gasteiger partial charge in [-0.25, -0.2) is 0 Å². The molecule has 2 heterocycles. The Morgan fingerprint density at radius 2 is 2.38 bits per heavy atom. The van der Waals surface area contributed by atoms with E-state index < -0.39 is 0 Å². The second kappa shape index (κ2) is 13.0. The van der Waals surface area contributed by atoms with Crippen molar-refractivity contribution in [3.8, 4) is 0 Å². The number of nitrogens with one attached hydrogen (secondary N) is 1. The maximum atomic E-state index is 11.2. The molecule has 2 rings (SSSR count). The van der Waals surface area contributed by atoms with Crippen molar-refractivity contribution in [3.05, 3.63) is 24.2 Å². The third kappa shape index (κ3) is 8.39.